The van der Waals surface area contributed by atoms with Gasteiger partial charge in [-0.1, -0.05) is 39.0 Å². The fourth-order valence-electron chi connectivity index (χ4n) is 5.83. The molecule has 1 N–H and O–H groups in total. The van der Waals surface area contributed by atoms with Crippen LogP contribution >= 0.6 is 0 Å². The molecular weight excluding hydrogens is 578 g/mol. The molecule has 4 heterocycles. The van der Waals surface area contributed by atoms with Crippen molar-refractivity contribution in [3.05, 3.63) is 98.8 Å². The van der Waals surface area contributed by atoms with Crippen LogP contribution in [-0.2, 0) is 12.5 Å². The van der Waals surface area contributed by atoms with E-state index in [1.807, 2.05) is 49.4 Å². The number of pyridine rings is 1. The molecule has 0 amide bonds. The Balaban J connectivity index is 1.28. The molecule has 1 aliphatic heterocycles. The van der Waals surface area contributed by atoms with Crippen molar-refractivity contribution in [1.82, 2.24) is 29.4 Å². The molecule has 0 atom stereocenters. The zero-order chi connectivity index (χ0) is 32.8. The molecule has 238 valence electrons. The fourth-order valence-corrected chi connectivity index (χ4v) is 5.83. The molecule has 6 rings (SSSR count). The van der Waals surface area contributed by atoms with Gasteiger partial charge in [-0.25, -0.2) is 9.67 Å². The van der Waals surface area contributed by atoms with Crippen molar-refractivity contribution in [3.8, 4) is 22.7 Å². The van der Waals surface area contributed by atoms with E-state index in [-0.39, 0.29) is 22.1 Å². The van der Waals surface area contributed by atoms with Gasteiger partial charge < -0.3 is 10.1 Å². The summed E-state index contributed by atoms with van der Waals surface area (Å²) in [7, 11) is 1.61. The van der Waals surface area contributed by atoms with Gasteiger partial charge in [-0.2, -0.15) is 14.9 Å². The molecule has 46 heavy (non-hydrogen) atoms. The Kier molecular flexibility index (Phi) is 8.02. The second-order valence-corrected chi connectivity index (χ2v) is 13.7. The number of hydrogen-bond donors (Lipinski definition) is 1. The topological polar surface area (TPSA) is 107 Å². The molecule has 0 radical (unpaired) electrons. The van der Waals surface area contributed by atoms with Crippen molar-refractivity contribution in [2.45, 2.75) is 59.0 Å². The Labute approximate surface area is 268 Å². The quantitative estimate of drug-likeness (QED) is 0.234. The van der Waals surface area contributed by atoms with E-state index in [1.165, 1.54) is 15.8 Å². The van der Waals surface area contributed by atoms with Gasteiger partial charge >= 0.3 is 0 Å². The highest BCUT2D eigenvalue weighted by Gasteiger charge is 2.27. The van der Waals surface area contributed by atoms with E-state index in [1.54, 1.807) is 31.6 Å². The van der Waals surface area contributed by atoms with Crippen LogP contribution < -0.4 is 21.2 Å². The molecule has 0 aliphatic carbocycles. The molecule has 1 saturated heterocycles. The van der Waals surface area contributed by atoms with Gasteiger partial charge in [0.15, 0.2) is 0 Å². The number of anilines is 2. The molecule has 2 aromatic carbocycles. The highest BCUT2D eigenvalue weighted by Crippen LogP contribution is 2.29. The second-order valence-electron chi connectivity index (χ2n) is 13.7. The molecule has 3 aromatic heterocycles. The van der Waals surface area contributed by atoms with Gasteiger partial charge in [0.25, 0.3) is 11.1 Å². The second kappa shape index (κ2) is 11.8. The third kappa shape index (κ3) is 6.30. The summed E-state index contributed by atoms with van der Waals surface area (Å²) < 4.78 is 8.93. The minimum Gasteiger partial charge on any atom is -0.485 e. The molecule has 0 spiro atoms. The van der Waals surface area contributed by atoms with E-state index in [2.05, 4.69) is 60.0 Å². The lowest BCUT2D eigenvalue weighted by molar-refractivity contribution is 0.0350. The van der Waals surface area contributed by atoms with Gasteiger partial charge in [0, 0.05) is 24.5 Å². The summed E-state index contributed by atoms with van der Waals surface area (Å²) in [6, 6.07) is 16.9. The van der Waals surface area contributed by atoms with Crippen molar-refractivity contribution >= 4 is 22.3 Å². The number of fused-ring (bicyclic) bond motifs is 1. The summed E-state index contributed by atoms with van der Waals surface area (Å²) in [5.41, 5.74) is 3.38. The summed E-state index contributed by atoms with van der Waals surface area (Å²) in [6.07, 6.45) is 4.64. The highest BCUT2D eigenvalue weighted by atomic mass is 16.5. The van der Waals surface area contributed by atoms with E-state index >= 15 is 0 Å². The van der Waals surface area contributed by atoms with Crippen LogP contribution in [0.1, 0.15) is 52.2 Å². The SMILES string of the molecule is Cc1c(-c2cc(Nc3ccc(OC(C)(C)CN4CCC4)cn3)c(=O)n(C)n2)cccc1-n1ncc2cc(C(C)(C)C)ccc2c1=O. The molecule has 5 aromatic rings. The Hall–Kier alpha value is -4.83. The largest absolute Gasteiger partial charge is 0.485 e. The molecule has 1 aliphatic rings. The van der Waals surface area contributed by atoms with Crippen molar-refractivity contribution < 1.29 is 4.74 Å². The van der Waals surface area contributed by atoms with Gasteiger partial charge in [-0.05, 0) is 93.2 Å². The predicted octanol–water partition coefficient (Wildman–Crippen LogP) is 5.75. The third-order valence-electron chi connectivity index (χ3n) is 8.47. The first-order valence-electron chi connectivity index (χ1n) is 15.6. The molecule has 0 saturated carbocycles. The Morgan fingerprint density at radius 3 is 2.39 bits per heavy atom. The number of aryl methyl sites for hydroxylation is 1. The van der Waals surface area contributed by atoms with E-state index in [9.17, 15) is 9.59 Å². The van der Waals surface area contributed by atoms with E-state index in [0.29, 0.717) is 34.0 Å². The zero-order valence-corrected chi connectivity index (χ0v) is 27.6. The first-order valence-corrected chi connectivity index (χ1v) is 15.6. The number of ether oxygens (including phenoxy) is 1. The monoisotopic (exact) mass is 619 g/mol. The highest BCUT2D eigenvalue weighted by molar-refractivity contribution is 5.82. The number of likely N-dealkylation sites (tertiary alicyclic amines) is 1. The maximum Gasteiger partial charge on any atom is 0.290 e. The smallest absolute Gasteiger partial charge is 0.290 e. The lowest BCUT2D eigenvalue weighted by Gasteiger charge is -2.38. The van der Waals surface area contributed by atoms with Crippen molar-refractivity contribution in [1.29, 1.82) is 0 Å². The van der Waals surface area contributed by atoms with Crippen molar-refractivity contribution in [2.24, 2.45) is 7.05 Å². The third-order valence-corrected chi connectivity index (χ3v) is 8.47. The number of benzene rings is 2. The van der Waals surface area contributed by atoms with E-state index in [0.717, 1.165) is 41.7 Å². The van der Waals surface area contributed by atoms with Crippen LogP contribution in [0.25, 0.3) is 27.7 Å². The maximum absolute atomic E-state index is 13.6. The number of aromatic nitrogens is 5. The van der Waals surface area contributed by atoms with Gasteiger partial charge in [-0.3, -0.25) is 14.5 Å². The Morgan fingerprint density at radius 1 is 0.935 bits per heavy atom. The van der Waals surface area contributed by atoms with Crippen LogP contribution in [0.15, 0.2) is 76.6 Å². The first kappa shape index (κ1) is 31.2. The lowest BCUT2D eigenvalue weighted by atomic mass is 9.86. The number of nitrogens with zero attached hydrogens (tertiary/aromatic N) is 6. The molecule has 0 unspecified atom stereocenters. The normalized spacial score (nSPS) is 13.9. The van der Waals surface area contributed by atoms with E-state index < -0.39 is 0 Å². The van der Waals surface area contributed by atoms with Crippen molar-refractivity contribution in [2.75, 3.05) is 25.0 Å². The van der Waals surface area contributed by atoms with Gasteiger partial charge in [0.1, 0.15) is 22.9 Å². The van der Waals surface area contributed by atoms with Crippen LogP contribution in [-0.4, -0.2) is 54.7 Å². The summed E-state index contributed by atoms with van der Waals surface area (Å²) in [5, 5.41) is 13.7. The number of nitrogens with one attached hydrogen (secondary N) is 1. The minimum atomic E-state index is -0.345. The minimum absolute atomic E-state index is 0.0389. The summed E-state index contributed by atoms with van der Waals surface area (Å²) in [5.74, 6) is 1.17. The van der Waals surface area contributed by atoms with Gasteiger partial charge in [0.05, 0.1) is 29.2 Å². The fraction of sp³-hybridized carbons (Fsp3) is 0.361. The zero-order valence-electron chi connectivity index (χ0n) is 27.6. The average molecular weight is 620 g/mol. The van der Waals surface area contributed by atoms with Crippen LogP contribution in [0, 0.1) is 6.92 Å². The van der Waals surface area contributed by atoms with Gasteiger partial charge in [-0.15, -0.1) is 0 Å². The predicted molar refractivity (Wildman–Crippen MR) is 183 cm³/mol. The Morgan fingerprint density at radius 2 is 1.72 bits per heavy atom. The molecular formula is C36H41N7O3. The average Bonchev–Trinajstić information content (AvgIpc) is 2.98. The van der Waals surface area contributed by atoms with E-state index in [4.69, 9.17) is 4.74 Å². The number of rotatable bonds is 8. The lowest BCUT2D eigenvalue weighted by Crippen LogP contribution is -2.48. The molecule has 10 nitrogen and oxygen atoms in total. The van der Waals surface area contributed by atoms with Crippen LogP contribution in [0.3, 0.4) is 0 Å². The first-order chi connectivity index (χ1) is 21.8. The molecule has 0 bridgehead atoms. The van der Waals surface area contributed by atoms with Crippen LogP contribution in [0.5, 0.6) is 5.75 Å². The summed E-state index contributed by atoms with van der Waals surface area (Å²) in [6.45, 7) is 15.6. The Bertz CT molecular complexity index is 2040. The van der Waals surface area contributed by atoms with Crippen LogP contribution in [0.4, 0.5) is 11.5 Å². The maximum atomic E-state index is 13.6. The number of hydrogen-bond acceptors (Lipinski definition) is 8. The van der Waals surface area contributed by atoms with Gasteiger partial charge in [0.2, 0.25) is 0 Å². The van der Waals surface area contributed by atoms with Crippen molar-refractivity contribution in [3.63, 3.8) is 0 Å². The standard InChI is InChI=1S/C36H41N7O3/c1-23-27(10-8-11-31(23)43-33(44)28-14-12-25(35(2,3)4)18-24(28)20-38-43)29-19-30(34(45)41(7)40-29)39-32-15-13-26(21-37-32)46-36(5,6)22-42-16-9-17-42/h8,10-15,18-21H,9,16-17,22H2,1-7H3,(H,37,39). The molecule has 10 heteroatoms. The summed E-state index contributed by atoms with van der Waals surface area (Å²) in [4.78, 5) is 33.6. The van der Waals surface area contributed by atoms with Crippen LogP contribution in [0.2, 0.25) is 0 Å². The molecule has 1 fully saturated rings. The summed E-state index contributed by atoms with van der Waals surface area (Å²) >= 11 is 0.